The highest BCUT2D eigenvalue weighted by molar-refractivity contribution is 6.35. The molecule has 0 aliphatic carbocycles. The second-order valence-electron chi connectivity index (χ2n) is 1.67. The van der Waals surface area contributed by atoms with Crippen LogP contribution in [-0.4, -0.2) is 0 Å². The van der Waals surface area contributed by atoms with Gasteiger partial charge in [-0.1, -0.05) is 37.0 Å². The molecule has 62 valence electrons. The van der Waals surface area contributed by atoms with E-state index in [2.05, 4.69) is 0 Å². The molecule has 0 radical (unpaired) electrons. The summed E-state index contributed by atoms with van der Waals surface area (Å²) in [6.07, 6.45) is 0. The summed E-state index contributed by atoms with van der Waals surface area (Å²) in [5.74, 6) is 0. The molecule has 0 bridgehead atoms. The van der Waals surface area contributed by atoms with Gasteiger partial charge in [-0.2, -0.15) is 0 Å². The summed E-state index contributed by atoms with van der Waals surface area (Å²) < 4.78 is 0. The van der Waals surface area contributed by atoms with Crippen molar-refractivity contribution in [1.29, 1.82) is 0 Å². The molecule has 0 aliphatic heterocycles. The topological polar surface area (TPSA) is 26.0 Å². The van der Waals surface area contributed by atoms with Gasteiger partial charge in [-0.15, -0.1) is 0 Å². The first-order valence-electron chi connectivity index (χ1n) is 3.40. The van der Waals surface area contributed by atoms with Crippen LogP contribution in [0, 0.1) is 0 Å². The van der Waals surface area contributed by atoms with E-state index in [4.69, 9.17) is 28.9 Å². The van der Waals surface area contributed by atoms with Crippen molar-refractivity contribution in [3.05, 3.63) is 28.2 Å². The molecule has 0 aliphatic rings. The molecule has 0 heterocycles. The summed E-state index contributed by atoms with van der Waals surface area (Å²) in [4.78, 5) is 0. The molecule has 0 saturated heterocycles. The number of nitrogen functional groups attached to an aromatic ring is 1. The lowest BCUT2D eigenvalue weighted by molar-refractivity contribution is 1.50. The second kappa shape index (κ2) is 5.28. The fraction of sp³-hybridized carbons (Fsp3) is 0.250. The Kier molecular flexibility index (Phi) is 5.08. The van der Waals surface area contributed by atoms with Crippen molar-refractivity contribution in [2.24, 2.45) is 0 Å². The van der Waals surface area contributed by atoms with Crippen molar-refractivity contribution in [3.63, 3.8) is 0 Å². The van der Waals surface area contributed by atoms with Gasteiger partial charge >= 0.3 is 0 Å². The van der Waals surface area contributed by atoms with E-state index in [0.717, 1.165) is 0 Å². The fourth-order valence-corrected chi connectivity index (χ4v) is 0.813. The highest BCUT2D eigenvalue weighted by Crippen LogP contribution is 2.21. The lowest BCUT2D eigenvalue weighted by atomic mass is 10.3. The Bertz CT molecular complexity index is 223. The van der Waals surface area contributed by atoms with Gasteiger partial charge in [0, 0.05) is 5.02 Å². The van der Waals surface area contributed by atoms with Crippen molar-refractivity contribution < 1.29 is 0 Å². The van der Waals surface area contributed by atoms with Gasteiger partial charge in [0.05, 0.1) is 10.7 Å². The molecule has 1 aromatic rings. The van der Waals surface area contributed by atoms with Gasteiger partial charge in [0.2, 0.25) is 0 Å². The standard InChI is InChI=1S/C6H5Cl2N.C2H6/c7-4-1-2-5(8)6(9)3-4;1-2/h1-3H,9H2;1-2H3. The zero-order valence-electron chi connectivity index (χ0n) is 6.57. The van der Waals surface area contributed by atoms with Crippen molar-refractivity contribution in [3.8, 4) is 0 Å². The maximum absolute atomic E-state index is 5.60. The lowest BCUT2D eigenvalue weighted by Gasteiger charge is -1.95. The van der Waals surface area contributed by atoms with Gasteiger partial charge < -0.3 is 5.73 Å². The van der Waals surface area contributed by atoms with Crippen LogP contribution >= 0.6 is 23.2 Å². The summed E-state index contributed by atoms with van der Waals surface area (Å²) in [5, 5.41) is 1.15. The Morgan fingerprint density at radius 3 is 2.09 bits per heavy atom. The van der Waals surface area contributed by atoms with Crippen LogP contribution in [0.15, 0.2) is 18.2 Å². The molecule has 1 rings (SSSR count). The lowest BCUT2D eigenvalue weighted by Crippen LogP contribution is -1.83. The molecule has 0 spiro atoms. The Morgan fingerprint density at radius 2 is 1.73 bits per heavy atom. The monoisotopic (exact) mass is 191 g/mol. The maximum atomic E-state index is 5.60. The smallest absolute Gasteiger partial charge is 0.0636 e. The SMILES string of the molecule is CC.Nc1cc(Cl)ccc1Cl. The summed E-state index contributed by atoms with van der Waals surface area (Å²) in [7, 11) is 0. The second-order valence-corrected chi connectivity index (χ2v) is 2.51. The summed E-state index contributed by atoms with van der Waals surface area (Å²) in [5.41, 5.74) is 5.92. The van der Waals surface area contributed by atoms with Crippen molar-refractivity contribution in [1.82, 2.24) is 0 Å². The number of benzene rings is 1. The van der Waals surface area contributed by atoms with E-state index in [1.807, 2.05) is 13.8 Å². The number of anilines is 1. The molecule has 2 N–H and O–H groups in total. The van der Waals surface area contributed by atoms with Gasteiger partial charge in [-0.05, 0) is 18.2 Å². The van der Waals surface area contributed by atoms with Crippen molar-refractivity contribution in [2.45, 2.75) is 13.8 Å². The predicted octanol–water partition coefficient (Wildman–Crippen LogP) is 3.60. The summed E-state index contributed by atoms with van der Waals surface area (Å²) in [6.45, 7) is 4.00. The Morgan fingerprint density at radius 1 is 1.18 bits per heavy atom. The van der Waals surface area contributed by atoms with E-state index >= 15 is 0 Å². The van der Waals surface area contributed by atoms with Gasteiger partial charge in [-0.25, -0.2) is 0 Å². The predicted molar refractivity (Wildman–Crippen MR) is 52.2 cm³/mol. The third-order valence-electron chi connectivity index (χ3n) is 0.958. The van der Waals surface area contributed by atoms with Crippen LogP contribution in [0.2, 0.25) is 10.0 Å². The minimum absolute atomic E-state index is 0.518. The van der Waals surface area contributed by atoms with Crippen LogP contribution in [0.1, 0.15) is 13.8 Å². The van der Waals surface area contributed by atoms with Crippen LogP contribution in [0.4, 0.5) is 5.69 Å². The van der Waals surface area contributed by atoms with E-state index in [1.165, 1.54) is 0 Å². The summed E-state index contributed by atoms with van der Waals surface area (Å²) >= 11 is 11.2. The Hall–Kier alpha value is -0.400. The van der Waals surface area contributed by atoms with Gasteiger partial charge in [0.1, 0.15) is 0 Å². The van der Waals surface area contributed by atoms with E-state index in [9.17, 15) is 0 Å². The molecule has 11 heavy (non-hydrogen) atoms. The average Bonchev–Trinajstić information content (AvgIpc) is 2.02. The van der Waals surface area contributed by atoms with E-state index in [-0.39, 0.29) is 0 Å². The van der Waals surface area contributed by atoms with Gasteiger partial charge in [0.15, 0.2) is 0 Å². The molecule has 0 amide bonds. The molecule has 1 nitrogen and oxygen atoms in total. The molecule has 3 heteroatoms. The Labute approximate surface area is 77.1 Å². The zero-order chi connectivity index (χ0) is 8.85. The molecule has 1 aromatic carbocycles. The van der Waals surface area contributed by atoms with Crippen molar-refractivity contribution in [2.75, 3.05) is 5.73 Å². The molecular formula is C8H11Cl2N. The third kappa shape index (κ3) is 3.49. The van der Waals surface area contributed by atoms with E-state index < -0.39 is 0 Å². The number of rotatable bonds is 0. The van der Waals surface area contributed by atoms with Crippen LogP contribution in [0.3, 0.4) is 0 Å². The highest BCUT2D eigenvalue weighted by Gasteiger charge is 1.93. The van der Waals surface area contributed by atoms with Gasteiger partial charge in [-0.3, -0.25) is 0 Å². The quantitative estimate of drug-likeness (QED) is 0.624. The Balaban J connectivity index is 0.000000461. The minimum atomic E-state index is 0.518. The summed E-state index contributed by atoms with van der Waals surface area (Å²) in [6, 6.07) is 4.98. The highest BCUT2D eigenvalue weighted by atomic mass is 35.5. The first-order chi connectivity index (χ1) is 5.20. The molecule has 0 fully saturated rings. The molecule has 0 unspecified atom stereocenters. The third-order valence-corrected chi connectivity index (χ3v) is 1.54. The number of nitrogens with two attached hydrogens (primary N) is 1. The number of hydrogen-bond acceptors (Lipinski definition) is 1. The van der Waals surface area contributed by atoms with Crippen LogP contribution in [0.5, 0.6) is 0 Å². The molecule has 0 saturated carbocycles. The zero-order valence-corrected chi connectivity index (χ0v) is 8.08. The van der Waals surface area contributed by atoms with E-state index in [1.54, 1.807) is 18.2 Å². The molecular weight excluding hydrogens is 181 g/mol. The number of halogens is 2. The van der Waals surface area contributed by atoms with Crippen LogP contribution in [-0.2, 0) is 0 Å². The van der Waals surface area contributed by atoms with Crippen molar-refractivity contribution >= 4 is 28.9 Å². The normalized spacial score (nSPS) is 8.36. The largest absolute Gasteiger partial charge is 0.397 e. The van der Waals surface area contributed by atoms with Gasteiger partial charge in [0.25, 0.3) is 0 Å². The fourth-order valence-electron chi connectivity index (χ4n) is 0.515. The van der Waals surface area contributed by atoms with E-state index in [0.29, 0.717) is 15.7 Å². The maximum Gasteiger partial charge on any atom is 0.0636 e. The van der Waals surface area contributed by atoms with Crippen LogP contribution < -0.4 is 5.73 Å². The molecule has 0 atom stereocenters. The van der Waals surface area contributed by atoms with Crippen LogP contribution in [0.25, 0.3) is 0 Å². The first-order valence-corrected chi connectivity index (χ1v) is 4.16. The first kappa shape index (κ1) is 10.6. The number of hydrogen-bond donors (Lipinski definition) is 1. The molecule has 0 aromatic heterocycles. The average molecular weight is 192 g/mol. The minimum Gasteiger partial charge on any atom is -0.397 e.